The van der Waals surface area contributed by atoms with Crippen molar-refractivity contribution < 1.29 is 9.53 Å². The van der Waals surface area contributed by atoms with Crippen molar-refractivity contribution >= 4 is 5.78 Å². The van der Waals surface area contributed by atoms with E-state index in [0.29, 0.717) is 5.75 Å². The molecule has 0 amide bonds. The van der Waals surface area contributed by atoms with Crippen LogP contribution in [0.5, 0.6) is 5.75 Å². The lowest BCUT2D eigenvalue weighted by Crippen LogP contribution is -2.22. The molecular formula is C16H22O2. The second-order valence-corrected chi connectivity index (χ2v) is 5.19. The Hall–Kier alpha value is -1.31. The van der Waals surface area contributed by atoms with Crippen molar-refractivity contribution in [2.24, 2.45) is 11.8 Å². The van der Waals surface area contributed by atoms with Crippen LogP contribution in [0.2, 0.25) is 0 Å². The molecule has 0 aliphatic heterocycles. The number of ether oxygens (including phenoxy) is 1. The van der Waals surface area contributed by atoms with Gasteiger partial charge in [-0.3, -0.25) is 4.79 Å². The minimum atomic E-state index is 0.198. The number of rotatable bonds is 4. The van der Waals surface area contributed by atoms with Gasteiger partial charge in [0.05, 0.1) is 12.7 Å². The quantitative estimate of drug-likeness (QED) is 0.748. The summed E-state index contributed by atoms with van der Waals surface area (Å²) in [5.74, 6) is 2.00. The van der Waals surface area contributed by atoms with E-state index in [0.717, 1.165) is 24.3 Å². The zero-order chi connectivity index (χ0) is 13.0. The third kappa shape index (κ3) is 2.74. The van der Waals surface area contributed by atoms with Crippen LogP contribution in [0.1, 0.15) is 49.4 Å². The predicted molar refractivity (Wildman–Crippen MR) is 73.1 cm³/mol. The van der Waals surface area contributed by atoms with E-state index >= 15 is 0 Å². The molecule has 1 saturated carbocycles. The summed E-state index contributed by atoms with van der Waals surface area (Å²) in [6, 6.07) is 7.56. The number of carbonyl (C=O) groups is 1. The van der Waals surface area contributed by atoms with Gasteiger partial charge in [-0.2, -0.15) is 0 Å². The number of hydrogen-bond acceptors (Lipinski definition) is 2. The van der Waals surface area contributed by atoms with Crippen LogP contribution in [0.25, 0.3) is 0 Å². The van der Waals surface area contributed by atoms with Crippen molar-refractivity contribution in [3.63, 3.8) is 0 Å². The molecule has 0 aromatic heterocycles. The largest absolute Gasteiger partial charge is 0.496 e. The van der Waals surface area contributed by atoms with E-state index in [1.807, 2.05) is 24.3 Å². The van der Waals surface area contributed by atoms with Gasteiger partial charge in [0, 0.05) is 5.92 Å². The lowest BCUT2D eigenvalue weighted by molar-refractivity contribution is 0.0868. The summed E-state index contributed by atoms with van der Waals surface area (Å²) in [6.07, 6.45) is 5.71. The third-order valence-corrected chi connectivity index (χ3v) is 4.17. The van der Waals surface area contributed by atoms with E-state index in [-0.39, 0.29) is 11.7 Å². The molecule has 0 bridgehead atoms. The average Bonchev–Trinajstić information content (AvgIpc) is 2.46. The van der Waals surface area contributed by atoms with Crippen molar-refractivity contribution in [1.82, 2.24) is 0 Å². The van der Waals surface area contributed by atoms with Crippen molar-refractivity contribution in [2.75, 3.05) is 7.11 Å². The standard InChI is InChI=1S/C16H22O2/c1-3-12-8-10-13(11-9-12)16(17)14-6-4-5-7-15(14)18-2/h4-7,12-13H,3,8-11H2,1-2H3. The first kappa shape index (κ1) is 13.1. The van der Waals surface area contributed by atoms with E-state index in [1.54, 1.807) is 7.11 Å². The molecule has 0 radical (unpaired) electrons. The molecule has 2 rings (SSSR count). The van der Waals surface area contributed by atoms with Crippen LogP contribution in [0, 0.1) is 11.8 Å². The first-order valence-electron chi connectivity index (χ1n) is 6.93. The first-order chi connectivity index (χ1) is 8.76. The molecular weight excluding hydrogens is 224 g/mol. The van der Waals surface area contributed by atoms with Gasteiger partial charge in [-0.05, 0) is 43.7 Å². The molecule has 0 N–H and O–H groups in total. The van der Waals surface area contributed by atoms with Crippen molar-refractivity contribution in [3.8, 4) is 5.75 Å². The van der Waals surface area contributed by atoms with Crippen LogP contribution in [0.15, 0.2) is 24.3 Å². The molecule has 0 atom stereocenters. The molecule has 1 aromatic carbocycles. The SMILES string of the molecule is CCC1CCC(C(=O)c2ccccc2OC)CC1. The van der Waals surface area contributed by atoms with E-state index in [4.69, 9.17) is 4.74 Å². The Morgan fingerprint density at radius 2 is 1.89 bits per heavy atom. The maximum absolute atomic E-state index is 12.5. The second-order valence-electron chi connectivity index (χ2n) is 5.19. The molecule has 1 fully saturated rings. The lowest BCUT2D eigenvalue weighted by Gasteiger charge is -2.27. The summed E-state index contributed by atoms with van der Waals surface area (Å²) in [7, 11) is 1.63. The molecule has 98 valence electrons. The Labute approximate surface area is 109 Å². The number of benzene rings is 1. The van der Waals surface area contributed by atoms with Gasteiger partial charge in [0.25, 0.3) is 0 Å². The van der Waals surface area contributed by atoms with Gasteiger partial charge >= 0.3 is 0 Å². The number of para-hydroxylation sites is 1. The van der Waals surface area contributed by atoms with Crippen LogP contribution in [0.4, 0.5) is 0 Å². The van der Waals surface area contributed by atoms with E-state index < -0.39 is 0 Å². The predicted octanol–water partition coefficient (Wildman–Crippen LogP) is 4.09. The van der Waals surface area contributed by atoms with Gasteiger partial charge < -0.3 is 4.74 Å². The minimum absolute atomic E-state index is 0.198. The van der Waals surface area contributed by atoms with Gasteiger partial charge in [-0.25, -0.2) is 0 Å². The minimum Gasteiger partial charge on any atom is -0.496 e. The van der Waals surface area contributed by atoms with E-state index in [1.165, 1.54) is 19.3 Å². The first-order valence-corrected chi connectivity index (χ1v) is 6.93. The molecule has 2 nitrogen and oxygen atoms in total. The Morgan fingerprint density at radius 3 is 2.50 bits per heavy atom. The smallest absolute Gasteiger partial charge is 0.169 e. The van der Waals surface area contributed by atoms with Gasteiger partial charge in [0.2, 0.25) is 0 Å². The van der Waals surface area contributed by atoms with Gasteiger partial charge in [-0.1, -0.05) is 25.5 Å². The molecule has 2 heteroatoms. The molecule has 1 aromatic rings. The van der Waals surface area contributed by atoms with Crippen LogP contribution in [-0.2, 0) is 0 Å². The van der Waals surface area contributed by atoms with E-state index in [9.17, 15) is 4.79 Å². The summed E-state index contributed by atoms with van der Waals surface area (Å²) in [5.41, 5.74) is 0.750. The lowest BCUT2D eigenvalue weighted by atomic mass is 9.77. The molecule has 0 unspecified atom stereocenters. The number of ketones is 1. The fourth-order valence-corrected chi connectivity index (χ4v) is 2.90. The Morgan fingerprint density at radius 1 is 1.22 bits per heavy atom. The van der Waals surface area contributed by atoms with Crippen molar-refractivity contribution in [1.29, 1.82) is 0 Å². The summed E-state index contributed by atoms with van der Waals surface area (Å²) >= 11 is 0. The van der Waals surface area contributed by atoms with Crippen LogP contribution in [-0.4, -0.2) is 12.9 Å². The van der Waals surface area contributed by atoms with E-state index in [2.05, 4.69) is 6.92 Å². The maximum Gasteiger partial charge on any atom is 0.169 e. The maximum atomic E-state index is 12.5. The molecule has 0 saturated heterocycles. The molecule has 0 spiro atoms. The highest BCUT2D eigenvalue weighted by atomic mass is 16.5. The summed E-state index contributed by atoms with van der Waals surface area (Å²) in [5, 5.41) is 0. The highest BCUT2D eigenvalue weighted by Gasteiger charge is 2.27. The summed E-state index contributed by atoms with van der Waals surface area (Å²) in [4.78, 5) is 12.5. The monoisotopic (exact) mass is 246 g/mol. The zero-order valence-corrected chi connectivity index (χ0v) is 11.3. The fourth-order valence-electron chi connectivity index (χ4n) is 2.90. The molecule has 18 heavy (non-hydrogen) atoms. The van der Waals surface area contributed by atoms with Gasteiger partial charge in [-0.15, -0.1) is 0 Å². The van der Waals surface area contributed by atoms with Crippen LogP contribution in [0.3, 0.4) is 0 Å². The topological polar surface area (TPSA) is 26.3 Å². The van der Waals surface area contributed by atoms with Crippen molar-refractivity contribution in [2.45, 2.75) is 39.0 Å². The van der Waals surface area contributed by atoms with Crippen molar-refractivity contribution in [3.05, 3.63) is 29.8 Å². The van der Waals surface area contributed by atoms with Gasteiger partial charge in [0.1, 0.15) is 5.75 Å². The second kappa shape index (κ2) is 6.03. The Balaban J connectivity index is 2.08. The van der Waals surface area contributed by atoms with Gasteiger partial charge in [0.15, 0.2) is 5.78 Å². The third-order valence-electron chi connectivity index (χ3n) is 4.17. The number of methoxy groups -OCH3 is 1. The number of Topliss-reactive ketones (excluding diaryl/α,β-unsaturated/α-hetero) is 1. The zero-order valence-electron chi connectivity index (χ0n) is 11.3. The molecule has 1 aliphatic rings. The Bertz CT molecular complexity index is 403. The highest BCUT2D eigenvalue weighted by molar-refractivity contribution is 6.00. The fraction of sp³-hybridized carbons (Fsp3) is 0.562. The molecule has 0 heterocycles. The summed E-state index contributed by atoms with van der Waals surface area (Å²) in [6.45, 7) is 2.24. The van der Waals surface area contributed by atoms with Crippen LogP contribution >= 0.6 is 0 Å². The summed E-state index contributed by atoms with van der Waals surface area (Å²) < 4.78 is 5.28. The van der Waals surface area contributed by atoms with Crippen LogP contribution < -0.4 is 4.74 Å². The number of carbonyl (C=O) groups excluding carboxylic acids is 1. The molecule has 1 aliphatic carbocycles. The highest BCUT2D eigenvalue weighted by Crippen LogP contribution is 2.34. The Kier molecular flexibility index (Phi) is 4.40. The normalized spacial score (nSPS) is 23.7. The number of hydrogen-bond donors (Lipinski definition) is 0. The average molecular weight is 246 g/mol.